The number of rotatable bonds is 3. The summed E-state index contributed by atoms with van der Waals surface area (Å²) in [5.74, 6) is 0.202. The molecule has 1 aliphatic heterocycles. The fourth-order valence-corrected chi connectivity index (χ4v) is 2.36. The highest BCUT2D eigenvalue weighted by molar-refractivity contribution is 9.10. The zero-order valence-corrected chi connectivity index (χ0v) is 10.6. The third kappa shape index (κ3) is 2.53. The molecule has 2 rings (SSSR count). The van der Waals surface area contributed by atoms with Crippen molar-refractivity contribution < 1.29 is 19.4 Å². The first-order valence-corrected chi connectivity index (χ1v) is 5.94. The molecule has 0 aliphatic carbocycles. The number of carboxylic acids is 1. The molecule has 0 amide bonds. The van der Waals surface area contributed by atoms with Crippen molar-refractivity contribution in [3.8, 4) is 11.5 Å². The van der Waals surface area contributed by atoms with Crippen molar-refractivity contribution in [1.29, 1.82) is 0 Å². The van der Waals surface area contributed by atoms with E-state index in [-0.39, 0.29) is 6.42 Å². The van der Waals surface area contributed by atoms with Gasteiger partial charge >= 0.3 is 5.97 Å². The lowest BCUT2D eigenvalue weighted by molar-refractivity contribution is -0.137. The molecule has 1 atom stereocenters. The molecule has 1 aliphatic rings. The van der Waals surface area contributed by atoms with Crippen LogP contribution in [0.2, 0.25) is 0 Å². The van der Waals surface area contributed by atoms with Gasteiger partial charge in [-0.2, -0.15) is 0 Å². The van der Waals surface area contributed by atoms with Crippen LogP contribution in [0.3, 0.4) is 0 Å². The number of ether oxygens (including phenoxy) is 2. The van der Waals surface area contributed by atoms with Crippen LogP contribution in [0.15, 0.2) is 16.6 Å². The van der Waals surface area contributed by atoms with Crippen LogP contribution >= 0.6 is 15.9 Å². The number of benzene rings is 1. The summed E-state index contributed by atoms with van der Waals surface area (Å²) in [6.45, 7) is 0.929. The van der Waals surface area contributed by atoms with E-state index in [1.807, 2.05) is 0 Å². The maximum Gasteiger partial charge on any atom is 0.305 e. The predicted octanol–water partition coefficient (Wildman–Crippen LogP) is 1.69. The number of hydrogen-bond acceptors (Lipinski definition) is 4. The standard InChI is InChI=1S/C11H12BrNO4/c12-6-1-2-8-11(17-4-3-16-8)10(6)7(13)5-9(14)15/h1-2,7H,3-5,13H2,(H,14,15). The van der Waals surface area contributed by atoms with Crippen molar-refractivity contribution >= 4 is 21.9 Å². The summed E-state index contributed by atoms with van der Waals surface area (Å²) in [7, 11) is 0. The lowest BCUT2D eigenvalue weighted by Gasteiger charge is -2.24. The molecule has 0 saturated carbocycles. The molecular weight excluding hydrogens is 290 g/mol. The average Bonchev–Trinajstić information content (AvgIpc) is 2.27. The first-order chi connectivity index (χ1) is 8.09. The van der Waals surface area contributed by atoms with E-state index in [2.05, 4.69) is 15.9 Å². The predicted molar refractivity (Wildman–Crippen MR) is 64.3 cm³/mol. The highest BCUT2D eigenvalue weighted by Gasteiger charge is 2.24. The second-order valence-corrected chi connectivity index (χ2v) is 4.54. The summed E-state index contributed by atoms with van der Waals surface area (Å²) in [4.78, 5) is 10.7. The Morgan fingerprint density at radius 2 is 2.18 bits per heavy atom. The number of halogens is 1. The lowest BCUT2D eigenvalue weighted by atomic mass is 10.0. The number of carbonyl (C=O) groups is 1. The Kier molecular flexibility index (Phi) is 3.54. The minimum atomic E-state index is -0.946. The van der Waals surface area contributed by atoms with E-state index in [1.54, 1.807) is 12.1 Å². The van der Waals surface area contributed by atoms with Gasteiger partial charge in [-0.05, 0) is 12.1 Å². The van der Waals surface area contributed by atoms with Gasteiger partial charge in [0.25, 0.3) is 0 Å². The number of aliphatic carboxylic acids is 1. The van der Waals surface area contributed by atoms with E-state index in [4.69, 9.17) is 20.3 Å². The summed E-state index contributed by atoms with van der Waals surface area (Å²) < 4.78 is 11.7. The van der Waals surface area contributed by atoms with Gasteiger partial charge in [0.2, 0.25) is 0 Å². The van der Waals surface area contributed by atoms with E-state index in [0.29, 0.717) is 30.3 Å². The van der Waals surface area contributed by atoms with Crippen molar-refractivity contribution in [2.45, 2.75) is 12.5 Å². The first kappa shape index (κ1) is 12.2. The molecule has 1 aromatic rings. The minimum absolute atomic E-state index is 0.154. The van der Waals surface area contributed by atoms with E-state index in [1.165, 1.54) is 0 Å². The van der Waals surface area contributed by atoms with Gasteiger partial charge in [0.05, 0.1) is 6.42 Å². The molecule has 6 heteroatoms. The molecule has 0 fully saturated rings. The Hall–Kier alpha value is -1.27. The molecule has 1 unspecified atom stereocenters. The van der Waals surface area contributed by atoms with E-state index >= 15 is 0 Å². The van der Waals surface area contributed by atoms with Crippen LogP contribution in [-0.2, 0) is 4.79 Å². The molecular formula is C11H12BrNO4. The zero-order valence-electron chi connectivity index (χ0n) is 8.98. The third-order valence-electron chi connectivity index (χ3n) is 2.46. The van der Waals surface area contributed by atoms with E-state index in [9.17, 15) is 4.79 Å². The Balaban J connectivity index is 2.40. The van der Waals surface area contributed by atoms with Crippen LogP contribution in [-0.4, -0.2) is 24.3 Å². The van der Waals surface area contributed by atoms with Crippen molar-refractivity contribution in [2.24, 2.45) is 5.73 Å². The summed E-state index contributed by atoms with van der Waals surface area (Å²) >= 11 is 3.36. The summed E-state index contributed by atoms with van der Waals surface area (Å²) in [6.07, 6.45) is -0.154. The second-order valence-electron chi connectivity index (χ2n) is 3.69. The normalized spacial score (nSPS) is 15.4. The monoisotopic (exact) mass is 301 g/mol. The summed E-state index contributed by atoms with van der Waals surface area (Å²) in [6, 6.07) is 2.93. The van der Waals surface area contributed by atoms with Gasteiger partial charge in [0.15, 0.2) is 11.5 Å². The lowest BCUT2D eigenvalue weighted by Crippen LogP contribution is -2.21. The molecule has 1 aromatic carbocycles. The second kappa shape index (κ2) is 4.93. The molecule has 0 spiro atoms. The quantitative estimate of drug-likeness (QED) is 0.888. The van der Waals surface area contributed by atoms with Crippen LogP contribution in [0.5, 0.6) is 11.5 Å². The van der Waals surface area contributed by atoms with Crippen LogP contribution in [0.1, 0.15) is 18.0 Å². The minimum Gasteiger partial charge on any atom is -0.486 e. The molecule has 1 heterocycles. The molecule has 3 N–H and O–H groups in total. The largest absolute Gasteiger partial charge is 0.486 e. The highest BCUT2D eigenvalue weighted by Crippen LogP contribution is 2.41. The Labute approximate surface area is 107 Å². The van der Waals surface area contributed by atoms with Gasteiger partial charge in [0, 0.05) is 16.1 Å². The van der Waals surface area contributed by atoms with Crippen LogP contribution < -0.4 is 15.2 Å². The molecule has 5 nitrogen and oxygen atoms in total. The van der Waals surface area contributed by atoms with Crippen LogP contribution in [0.25, 0.3) is 0 Å². The molecule has 92 valence electrons. The zero-order chi connectivity index (χ0) is 12.4. The van der Waals surface area contributed by atoms with Gasteiger partial charge in [-0.25, -0.2) is 0 Å². The number of nitrogens with two attached hydrogens (primary N) is 1. The number of carboxylic acid groups (broad SMARTS) is 1. The topological polar surface area (TPSA) is 81.8 Å². The average molecular weight is 302 g/mol. The van der Waals surface area contributed by atoms with Crippen molar-refractivity contribution in [3.63, 3.8) is 0 Å². The SMILES string of the molecule is NC(CC(=O)O)c1c(Br)ccc2c1OCCO2. The van der Waals surface area contributed by atoms with E-state index < -0.39 is 12.0 Å². The fourth-order valence-electron chi connectivity index (χ4n) is 1.75. The maximum absolute atomic E-state index is 10.7. The van der Waals surface area contributed by atoms with Crippen LogP contribution in [0, 0.1) is 0 Å². The molecule has 0 aromatic heterocycles. The molecule has 17 heavy (non-hydrogen) atoms. The fraction of sp³-hybridized carbons (Fsp3) is 0.364. The van der Waals surface area contributed by atoms with Crippen molar-refractivity contribution in [1.82, 2.24) is 0 Å². The van der Waals surface area contributed by atoms with Crippen LogP contribution in [0.4, 0.5) is 0 Å². The van der Waals surface area contributed by atoms with Crippen molar-refractivity contribution in [2.75, 3.05) is 13.2 Å². The van der Waals surface area contributed by atoms with Gasteiger partial charge in [0.1, 0.15) is 13.2 Å². The van der Waals surface area contributed by atoms with Gasteiger partial charge in [-0.3, -0.25) is 4.79 Å². The summed E-state index contributed by atoms with van der Waals surface area (Å²) in [5.41, 5.74) is 6.52. The van der Waals surface area contributed by atoms with E-state index in [0.717, 1.165) is 4.47 Å². The number of hydrogen-bond donors (Lipinski definition) is 2. The first-order valence-electron chi connectivity index (χ1n) is 5.15. The smallest absolute Gasteiger partial charge is 0.305 e. The maximum atomic E-state index is 10.7. The third-order valence-corrected chi connectivity index (χ3v) is 3.15. The molecule has 0 saturated heterocycles. The molecule has 0 radical (unpaired) electrons. The summed E-state index contributed by atoms with van der Waals surface area (Å²) in [5, 5.41) is 8.77. The van der Waals surface area contributed by atoms with Gasteiger partial charge in [-0.15, -0.1) is 0 Å². The number of fused-ring (bicyclic) bond motifs is 1. The molecule has 0 bridgehead atoms. The van der Waals surface area contributed by atoms with Crippen molar-refractivity contribution in [3.05, 3.63) is 22.2 Å². The Morgan fingerprint density at radius 1 is 1.47 bits per heavy atom. The Bertz CT molecular complexity index is 449. The highest BCUT2D eigenvalue weighted by atomic mass is 79.9. The van der Waals surface area contributed by atoms with Gasteiger partial charge in [-0.1, -0.05) is 15.9 Å². The van der Waals surface area contributed by atoms with Gasteiger partial charge < -0.3 is 20.3 Å². The Morgan fingerprint density at radius 3 is 2.88 bits per heavy atom.